The van der Waals surface area contributed by atoms with Gasteiger partial charge >= 0.3 is 0 Å². The van der Waals surface area contributed by atoms with Crippen LogP contribution >= 0.6 is 0 Å². The Morgan fingerprint density at radius 1 is 1.26 bits per heavy atom. The zero-order chi connectivity index (χ0) is 16.7. The van der Waals surface area contributed by atoms with Crippen LogP contribution in [0.4, 0.5) is 0 Å². The van der Waals surface area contributed by atoms with Crippen molar-refractivity contribution in [1.29, 1.82) is 0 Å². The third-order valence-corrected chi connectivity index (χ3v) is 3.60. The van der Waals surface area contributed by atoms with E-state index in [1.165, 1.54) is 12.8 Å². The molecule has 0 N–H and O–H groups in total. The molecule has 0 unspecified atom stereocenters. The Bertz CT molecular complexity index is 669. The normalized spacial score (nSPS) is 11.1. The van der Waals surface area contributed by atoms with Gasteiger partial charge in [0.25, 0.3) is 0 Å². The fourth-order valence-electron chi connectivity index (χ4n) is 2.32. The number of carbonyl (C=O) groups excluding carboxylic acids is 1. The van der Waals surface area contributed by atoms with E-state index in [9.17, 15) is 4.79 Å². The van der Waals surface area contributed by atoms with Crippen LogP contribution in [0.15, 0.2) is 36.5 Å². The van der Waals surface area contributed by atoms with Gasteiger partial charge in [-0.05, 0) is 37.1 Å². The zero-order valence-corrected chi connectivity index (χ0v) is 14.1. The van der Waals surface area contributed by atoms with E-state index >= 15 is 0 Å². The van der Waals surface area contributed by atoms with E-state index in [-0.39, 0.29) is 5.78 Å². The van der Waals surface area contributed by atoms with E-state index in [1.54, 1.807) is 17.0 Å². The van der Waals surface area contributed by atoms with E-state index in [0.717, 1.165) is 30.0 Å². The summed E-state index contributed by atoms with van der Waals surface area (Å²) in [6.45, 7) is 4.77. The molecule has 0 spiro atoms. The molecular weight excluding hydrogens is 288 g/mol. The summed E-state index contributed by atoms with van der Waals surface area (Å²) in [6, 6.07) is 7.78. The topological polar surface area (TPSA) is 44.1 Å². The van der Waals surface area contributed by atoms with Crippen LogP contribution in [0.2, 0.25) is 0 Å². The molecule has 0 atom stereocenters. The van der Waals surface area contributed by atoms with Crippen LogP contribution in [0.25, 0.3) is 6.08 Å². The van der Waals surface area contributed by atoms with Gasteiger partial charge in [0.15, 0.2) is 5.78 Å². The van der Waals surface area contributed by atoms with Gasteiger partial charge in [-0.15, -0.1) is 0 Å². The van der Waals surface area contributed by atoms with Gasteiger partial charge in [0.05, 0.1) is 17.9 Å². The SMILES string of the molecule is CCCCCOc1ccc(/C=C/C(=O)c2cn(C)nc2C)cc1. The Balaban J connectivity index is 1.92. The molecule has 0 aliphatic rings. The number of unbranched alkanes of at least 4 members (excludes halogenated alkanes) is 2. The van der Waals surface area contributed by atoms with Crippen LogP contribution in [0, 0.1) is 6.92 Å². The van der Waals surface area contributed by atoms with Gasteiger partial charge in [0.1, 0.15) is 5.75 Å². The number of hydrogen-bond donors (Lipinski definition) is 0. The predicted molar refractivity (Wildman–Crippen MR) is 92.8 cm³/mol. The number of aromatic nitrogens is 2. The van der Waals surface area contributed by atoms with Crippen molar-refractivity contribution >= 4 is 11.9 Å². The minimum Gasteiger partial charge on any atom is -0.494 e. The molecule has 0 radical (unpaired) electrons. The number of benzene rings is 1. The molecule has 0 saturated heterocycles. The number of rotatable bonds is 8. The molecule has 122 valence electrons. The predicted octanol–water partition coefficient (Wildman–Crippen LogP) is 4.19. The lowest BCUT2D eigenvalue weighted by Gasteiger charge is -2.05. The Morgan fingerprint density at radius 3 is 2.61 bits per heavy atom. The summed E-state index contributed by atoms with van der Waals surface area (Å²) in [5.74, 6) is 0.836. The minimum atomic E-state index is -0.0320. The Hall–Kier alpha value is -2.36. The van der Waals surface area contributed by atoms with E-state index in [1.807, 2.05) is 44.3 Å². The summed E-state index contributed by atoms with van der Waals surface area (Å²) >= 11 is 0. The molecule has 0 amide bonds. The van der Waals surface area contributed by atoms with Gasteiger partial charge in [-0.1, -0.05) is 38.0 Å². The molecule has 23 heavy (non-hydrogen) atoms. The molecule has 1 aromatic heterocycles. The maximum atomic E-state index is 12.2. The largest absolute Gasteiger partial charge is 0.494 e. The van der Waals surface area contributed by atoms with Gasteiger partial charge in [0.2, 0.25) is 0 Å². The van der Waals surface area contributed by atoms with E-state index in [0.29, 0.717) is 5.56 Å². The van der Waals surface area contributed by atoms with Crippen molar-refractivity contribution in [2.24, 2.45) is 7.05 Å². The molecule has 0 aliphatic heterocycles. The first-order valence-electron chi connectivity index (χ1n) is 8.05. The summed E-state index contributed by atoms with van der Waals surface area (Å²) in [5.41, 5.74) is 2.36. The van der Waals surface area contributed by atoms with Crippen molar-refractivity contribution in [3.8, 4) is 5.75 Å². The highest BCUT2D eigenvalue weighted by atomic mass is 16.5. The van der Waals surface area contributed by atoms with Crippen molar-refractivity contribution in [2.45, 2.75) is 33.1 Å². The number of allylic oxidation sites excluding steroid dienone is 1. The van der Waals surface area contributed by atoms with Crippen molar-refractivity contribution in [3.63, 3.8) is 0 Å². The smallest absolute Gasteiger partial charge is 0.189 e. The first kappa shape index (κ1) is 17.0. The number of aryl methyl sites for hydroxylation is 2. The van der Waals surface area contributed by atoms with Crippen molar-refractivity contribution in [1.82, 2.24) is 9.78 Å². The molecule has 0 bridgehead atoms. The molecule has 4 nitrogen and oxygen atoms in total. The Labute approximate surface area is 137 Å². The van der Waals surface area contributed by atoms with Crippen molar-refractivity contribution in [2.75, 3.05) is 6.61 Å². The molecule has 1 heterocycles. The van der Waals surface area contributed by atoms with Gasteiger partial charge in [-0.2, -0.15) is 5.10 Å². The number of ketones is 1. The lowest BCUT2D eigenvalue weighted by Crippen LogP contribution is -1.96. The standard InChI is InChI=1S/C19H24N2O2/c1-4-5-6-13-23-17-10-7-16(8-11-17)9-12-19(22)18-14-21(3)20-15(18)2/h7-12,14H,4-6,13H2,1-3H3/b12-9+. The van der Waals surface area contributed by atoms with Crippen LogP contribution in [0.1, 0.15) is 47.8 Å². The first-order valence-corrected chi connectivity index (χ1v) is 8.05. The van der Waals surface area contributed by atoms with Gasteiger partial charge < -0.3 is 4.74 Å². The van der Waals surface area contributed by atoms with Gasteiger partial charge in [-0.3, -0.25) is 9.48 Å². The fourth-order valence-corrected chi connectivity index (χ4v) is 2.32. The third-order valence-electron chi connectivity index (χ3n) is 3.60. The average Bonchev–Trinajstić information content (AvgIpc) is 2.89. The maximum Gasteiger partial charge on any atom is 0.189 e. The summed E-state index contributed by atoms with van der Waals surface area (Å²) in [6.07, 6.45) is 8.61. The van der Waals surface area contributed by atoms with Crippen LogP contribution in [0.5, 0.6) is 5.75 Å². The zero-order valence-electron chi connectivity index (χ0n) is 14.1. The summed E-state index contributed by atoms with van der Waals surface area (Å²) in [4.78, 5) is 12.2. The Kier molecular flexibility index (Phi) is 6.15. The average molecular weight is 312 g/mol. The second-order valence-electron chi connectivity index (χ2n) is 5.62. The summed E-state index contributed by atoms with van der Waals surface area (Å²) in [7, 11) is 1.81. The third kappa shape index (κ3) is 5.09. The van der Waals surface area contributed by atoms with Crippen LogP contribution in [-0.4, -0.2) is 22.2 Å². The monoisotopic (exact) mass is 312 g/mol. The lowest BCUT2D eigenvalue weighted by atomic mass is 10.1. The molecular formula is C19H24N2O2. The van der Waals surface area contributed by atoms with Gasteiger partial charge in [0, 0.05) is 13.2 Å². The molecule has 2 aromatic rings. The van der Waals surface area contributed by atoms with Crippen molar-refractivity contribution < 1.29 is 9.53 Å². The highest BCUT2D eigenvalue weighted by Gasteiger charge is 2.09. The maximum absolute atomic E-state index is 12.2. The lowest BCUT2D eigenvalue weighted by molar-refractivity contribution is 0.104. The molecule has 0 fully saturated rings. The molecule has 2 rings (SSSR count). The molecule has 4 heteroatoms. The highest BCUT2D eigenvalue weighted by molar-refractivity contribution is 6.07. The van der Waals surface area contributed by atoms with Crippen LogP contribution in [0.3, 0.4) is 0 Å². The number of hydrogen-bond acceptors (Lipinski definition) is 3. The quantitative estimate of drug-likeness (QED) is 0.417. The highest BCUT2D eigenvalue weighted by Crippen LogP contribution is 2.15. The second-order valence-corrected chi connectivity index (χ2v) is 5.62. The van der Waals surface area contributed by atoms with E-state index in [4.69, 9.17) is 4.74 Å². The molecule has 1 aromatic carbocycles. The van der Waals surface area contributed by atoms with Gasteiger partial charge in [-0.25, -0.2) is 0 Å². The number of nitrogens with zero attached hydrogens (tertiary/aromatic N) is 2. The molecule has 0 saturated carbocycles. The van der Waals surface area contributed by atoms with Crippen LogP contribution in [-0.2, 0) is 7.05 Å². The summed E-state index contributed by atoms with van der Waals surface area (Å²) in [5, 5.41) is 4.19. The fraction of sp³-hybridized carbons (Fsp3) is 0.368. The summed E-state index contributed by atoms with van der Waals surface area (Å²) < 4.78 is 7.33. The van der Waals surface area contributed by atoms with Crippen molar-refractivity contribution in [3.05, 3.63) is 53.4 Å². The van der Waals surface area contributed by atoms with E-state index in [2.05, 4.69) is 12.0 Å². The first-order chi connectivity index (χ1) is 11.1. The minimum absolute atomic E-state index is 0.0320. The number of carbonyl (C=O) groups is 1. The second kappa shape index (κ2) is 8.32. The molecule has 0 aliphatic carbocycles. The van der Waals surface area contributed by atoms with E-state index < -0.39 is 0 Å². The van der Waals surface area contributed by atoms with Crippen LogP contribution < -0.4 is 4.74 Å². The number of ether oxygens (including phenoxy) is 1. The Morgan fingerprint density at radius 2 is 2.00 bits per heavy atom.